The largest absolute Gasteiger partial charge is 0.353 e. The highest BCUT2D eigenvalue weighted by Gasteiger charge is 2.27. The number of nitrogens with one attached hydrogen (secondary N) is 2. The first kappa shape index (κ1) is 11.8. The van der Waals surface area contributed by atoms with Crippen LogP contribution in [0, 0.1) is 0 Å². The summed E-state index contributed by atoms with van der Waals surface area (Å²) < 4.78 is 0. The summed E-state index contributed by atoms with van der Waals surface area (Å²) in [5.41, 5.74) is 2.55. The zero-order valence-electron chi connectivity index (χ0n) is 9.29. The van der Waals surface area contributed by atoms with E-state index in [0.29, 0.717) is 19.0 Å². The van der Waals surface area contributed by atoms with Gasteiger partial charge in [-0.15, -0.1) is 0 Å². The predicted octanol–water partition coefficient (Wildman–Crippen LogP) is -0.964. The maximum Gasteiger partial charge on any atom is 0.242 e. The third kappa shape index (κ3) is 2.82. The van der Waals surface area contributed by atoms with Gasteiger partial charge in [-0.2, -0.15) is 0 Å². The number of nitrogens with two attached hydrogens (primary N) is 1. The van der Waals surface area contributed by atoms with Gasteiger partial charge in [0.15, 0.2) is 0 Å². The topological polar surface area (TPSA) is 82.8 Å². The van der Waals surface area contributed by atoms with Crippen LogP contribution in [-0.4, -0.2) is 42.4 Å². The molecular formula is C9H19N5O. The molecule has 1 atom stereocenters. The number of amides is 1. The van der Waals surface area contributed by atoms with Crippen molar-refractivity contribution in [3.05, 3.63) is 0 Å². The molecular weight excluding hydrogens is 194 g/mol. The molecule has 1 aliphatic rings. The Kier molecular flexibility index (Phi) is 4.36. The van der Waals surface area contributed by atoms with Crippen molar-refractivity contribution >= 4 is 11.9 Å². The lowest BCUT2D eigenvalue weighted by Crippen LogP contribution is -2.59. The Labute approximate surface area is 89.9 Å². The lowest BCUT2D eigenvalue weighted by atomic mass is 10.2. The molecule has 86 valence electrons. The number of piperazine rings is 1. The van der Waals surface area contributed by atoms with Crippen molar-refractivity contribution in [2.75, 3.05) is 19.6 Å². The number of hydrazine groups is 1. The van der Waals surface area contributed by atoms with E-state index < -0.39 is 0 Å². The van der Waals surface area contributed by atoms with E-state index in [9.17, 15) is 4.79 Å². The molecule has 1 aliphatic heterocycles. The lowest BCUT2D eigenvalue weighted by molar-refractivity contribution is -0.126. The van der Waals surface area contributed by atoms with Crippen LogP contribution in [-0.2, 0) is 4.79 Å². The van der Waals surface area contributed by atoms with Crippen molar-refractivity contribution in [3.8, 4) is 0 Å². The predicted molar refractivity (Wildman–Crippen MR) is 59.1 cm³/mol. The summed E-state index contributed by atoms with van der Waals surface area (Å²) in [5, 5.41) is 2.79. The van der Waals surface area contributed by atoms with Crippen molar-refractivity contribution < 1.29 is 4.79 Å². The monoisotopic (exact) mass is 213 g/mol. The standard InChI is InChI=1S/C9H19N5O/c1-3-4-12-9(13-10)14-6-5-11-8(15)7(14)2/h7H,3-6,10H2,1-2H3,(H,11,15)(H,12,13). The van der Waals surface area contributed by atoms with E-state index in [1.165, 1.54) is 0 Å². The van der Waals surface area contributed by atoms with Crippen molar-refractivity contribution in [2.45, 2.75) is 26.3 Å². The van der Waals surface area contributed by atoms with Gasteiger partial charge in [0, 0.05) is 19.6 Å². The van der Waals surface area contributed by atoms with E-state index >= 15 is 0 Å². The normalized spacial score (nSPS) is 22.6. The first-order valence-electron chi connectivity index (χ1n) is 5.26. The van der Waals surface area contributed by atoms with Gasteiger partial charge in [0.1, 0.15) is 6.04 Å². The van der Waals surface area contributed by atoms with E-state index in [1.54, 1.807) is 0 Å². The van der Waals surface area contributed by atoms with Crippen LogP contribution in [0.3, 0.4) is 0 Å². The maximum absolute atomic E-state index is 11.4. The summed E-state index contributed by atoms with van der Waals surface area (Å²) in [6, 6.07) is -0.217. The molecule has 0 aromatic heterocycles. The van der Waals surface area contributed by atoms with Gasteiger partial charge < -0.3 is 10.2 Å². The molecule has 0 aromatic carbocycles. The van der Waals surface area contributed by atoms with E-state index in [1.807, 2.05) is 18.7 Å². The number of carbonyl (C=O) groups is 1. The molecule has 6 heteroatoms. The minimum Gasteiger partial charge on any atom is -0.353 e. The van der Waals surface area contributed by atoms with Crippen LogP contribution in [0.1, 0.15) is 20.3 Å². The van der Waals surface area contributed by atoms with Gasteiger partial charge >= 0.3 is 0 Å². The number of guanidine groups is 1. The first-order valence-corrected chi connectivity index (χ1v) is 5.26. The third-order valence-corrected chi connectivity index (χ3v) is 2.39. The summed E-state index contributed by atoms with van der Waals surface area (Å²) >= 11 is 0. The fourth-order valence-electron chi connectivity index (χ4n) is 1.51. The van der Waals surface area contributed by atoms with Crippen LogP contribution in [0.5, 0.6) is 0 Å². The first-order chi connectivity index (χ1) is 7.20. The Morgan fingerprint density at radius 1 is 1.80 bits per heavy atom. The number of hydrogen-bond acceptors (Lipinski definition) is 3. The van der Waals surface area contributed by atoms with Crippen LogP contribution < -0.4 is 16.6 Å². The quantitative estimate of drug-likeness (QED) is 0.239. The summed E-state index contributed by atoms with van der Waals surface area (Å²) in [7, 11) is 0. The fraction of sp³-hybridized carbons (Fsp3) is 0.778. The number of nitrogens with zero attached hydrogens (tertiary/aromatic N) is 2. The van der Waals surface area contributed by atoms with E-state index in [4.69, 9.17) is 5.84 Å². The highest BCUT2D eigenvalue weighted by Crippen LogP contribution is 2.03. The molecule has 0 aliphatic carbocycles. The molecule has 1 unspecified atom stereocenters. The van der Waals surface area contributed by atoms with Gasteiger partial charge in [0.25, 0.3) is 0 Å². The summed E-state index contributed by atoms with van der Waals surface area (Å²) in [6.07, 6.45) is 0.958. The highest BCUT2D eigenvalue weighted by molar-refractivity contribution is 5.89. The van der Waals surface area contributed by atoms with Crippen molar-refractivity contribution in [3.63, 3.8) is 0 Å². The van der Waals surface area contributed by atoms with Crippen LogP contribution in [0.25, 0.3) is 0 Å². The van der Waals surface area contributed by atoms with E-state index in [2.05, 4.69) is 15.7 Å². The molecule has 0 saturated carbocycles. The number of rotatable bonds is 2. The fourth-order valence-corrected chi connectivity index (χ4v) is 1.51. The third-order valence-electron chi connectivity index (χ3n) is 2.39. The number of hydrogen-bond donors (Lipinski definition) is 3. The molecule has 1 saturated heterocycles. The molecule has 1 amide bonds. The van der Waals surface area contributed by atoms with Crippen LogP contribution in [0.2, 0.25) is 0 Å². The summed E-state index contributed by atoms with van der Waals surface area (Å²) in [4.78, 5) is 17.6. The second kappa shape index (κ2) is 5.55. The minimum absolute atomic E-state index is 0.0145. The minimum atomic E-state index is -0.217. The van der Waals surface area contributed by atoms with E-state index in [0.717, 1.165) is 13.0 Å². The van der Waals surface area contributed by atoms with E-state index in [-0.39, 0.29) is 11.9 Å². The Hall–Kier alpha value is -1.30. The van der Waals surface area contributed by atoms with Gasteiger partial charge in [-0.1, -0.05) is 6.92 Å². The molecule has 4 N–H and O–H groups in total. The average Bonchev–Trinajstić information content (AvgIpc) is 2.25. The molecule has 0 aromatic rings. The molecule has 0 bridgehead atoms. The Bertz CT molecular complexity index is 253. The molecule has 0 radical (unpaired) electrons. The van der Waals surface area contributed by atoms with Crippen LogP contribution in [0.4, 0.5) is 0 Å². The van der Waals surface area contributed by atoms with Crippen molar-refractivity contribution in [1.29, 1.82) is 0 Å². The molecule has 0 spiro atoms. The number of carbonyl (C=O) groups excluding carboxylic acids is 1. The number of aliphatic imine (C=N–C) groups is 1. The second-order valence-corrected chi connectivity index (χ2v) is 3.51. The Morgan fingerprint density at radius 3 is 3.13 bits per heavy atom. The van der Waals surface area contributed by atoms with Crippen molar-refractivity contribution in [1.82, 2.24) is 15.6 Å². The molecule has 1 fully saturated rings. The highest BCUT2D eigenvalue weighted by atomic mass is 16.2. The average molecular weight is 213 g/mol. The van der Waals surface area contributed by atoms with Gasteiger partial charge in [0.05, 0.1) is 0 Å². The molecule has 6 nitrogen and oxygen atoms in total. The molecule has 1 heterocycles. The Balaban J connectivity index is 2.70. The molecule has 1 rings (SSSR count). The van der Waals surface area contributed by atoms with Gasteiger partial charge in [-0.05, 0) is 13.3 Å². The van der Waals surface area contributed by atoms with Gasteiger partial charge in [0.2, 0.25) is 11.9 Å². The van der Waals surface area contributed by atoms with Crippen molar-refractivity contribution in [2.24, 2.45) is 10.8 Å². The van der Waals surface area contributed by atoms with Crippen LogP contribution >= 0.6 is 0 Å². The van der Waals surface area contributed by atoms with Gasteiger partial charge in [-0.25, -0.2) is 5.84 Å². The zero-order valence-corrected chi connectivity index (χ0v) is 9.29. The SMILES string of the molecule is CCCN=C(NN)N1CCNC(=O)C1C. The smallest absolute Gasteiger partial charge is 0.242 e. The zero-order chi connectivity index (χ0) is 11.3. The molecule has 15 heavy (non-hydrogen) atoms. The maximum atomic E-state index is 11.4. The Morgan fingerprint density at radius 2 is 2.53 bits per heavy atom. The summed E-state index contributed by atoms with van der Waals surface area (Å²) in [5.74, 6) is 6.01. The lowest BCUT2D eigenvalue weighted by Gasteiger charge is -2.34. The summed E-state index contributed by atoms with van der Waals surface area (Å²) in [6.45, 7) is 5.97. The second-order valence-electron chi connectivity index (χ2n) is 3.51. The van der Waals surface area contributed by atoms with Crippen LogP contribution in [0.15, 0.2) is 4.99 Å². The van der Waals surface area contributed by atoms with Gasteiger partial charge in [-0.3, -0.25) is 15.2 Å².